The van der Waals surface area contributed by atoms with Gasteiger partial charge in [0.2, 0.25) is 5.91 Å². The Balaban J connectivity index is 1.54. The maximum Gasteiger partial charge on any atom is 0.573 e. The number of allylic oxidation sites excluding steroid dienone is 2. The molecule has 0 radical (unpaired) electrons. The number of nitrogens with zero attached hydrogens (tertiary/aromatic N) is 3. The molecule has 3 heterocycles. The number of halogens is 3. The number of aliphatic imine (C=N–C) groups is 1. The van der Waals surface area contributed by atoms with Gasteiger partial charge in [0.15, 0.2) is 0 Å². The third-order valence-electron chi connectivity index (χ3n) is 5.26. The number of carbonyl (C=O) groups excluding carboxylic acids is 1. The van der Waals surface area contributed by atoms with Crippen molar-refractivity contribution in [2.45, 2.75) is 37.8 Å². The van der Waals surface area contributed by atoms with Gasteiger partial charge < -0.3 is 19.3 Å². The van der Waals surface area contributed by atoms with Gasteiger partial charge in [0.05, 0.1) is 6.54 Å². The summed E-state index contributed by atoms with van der Waals surface area (Å²) in [5.41, 5.74) is 0.569. The SMILES string of the molecule is O=C(C1CN2C=CC=CC2=N1)N(Cc1cccc(OC(F)(F)F)c1)C1CCOCC1. The van der Waals surface area contributed by atoms with E-state index in [9.17, 15) is 18.0 Å². The summed E-state index contributed by atoms with van der Waals surface area (Å²) in [6.45, 7) is 1.72. The second kappa shape index (κ2) is 8.51. The smallest absolute Gasteiger partial charge is 0.406 e. The summed E-state index contributed by atoms with van der Waals surface area (Å²) >= 11 is 0. The maximum atomic E-state index is 13.4. The number of rotatable bonds is 5. The highest BCUT2D eigenvalue weighted by atomic mass is 19.4. The number of alkyl halides is 3. The topological polar surface area (TPSA) is 54.4 Å². The molecule has 0 bridgehead atoms. The Morgan fingerprint density at radius 3 is 2.80 bits per heavy atom. The summed E-state index contributed by atoms with van der Waals surface area (Å²) in [6.07, 6.45) is 4.07. The Bertz CT molecular complexity index is 876. The van der Waals surface area contributed by atoms with E-state index in [4.69, 9.17) is 4.74 Å². The van der Waals surface area contributed by atoms with Gasteiger partial charge in [0.1, 0.15) is 17.6 Å². The van der Waals surface area contributed by atoms with Crippen molar-refractivity contribution in [3.63, 3.8) is 0 Å². The molecule has 3 aliphatic heterocycles. The van der Waals surface area contributed by atoms with E-state index in [1.807, 2.05) is 29.3 Å². The van der Waals surface area contributed by atoms with Crippen LogP contribution in [0.5, 0.6) is 5.75 Å². The normalized spacial score (nSPS) is 21.4. The lowest BCUT2D eigenvalue weighted by molar-refractivity contribution is -0.274. The van der Waals surface area contributed by atoms with E-state index in [0.717, 1.165) is 5.84 Å². The summed E-state index contributed by atoms with van der Waals surface area (Å²) in [7, 11) is 0. The Hall–Kier alpha value is -2.81. The van der Waals surface area contributed by atoms with Crippen molar-refractivity contribution in [3.8, 4) is 5.75 Å². The van der Waals surface area contributed by atoms with Gasteiger partial charge >= 0.3 is 6.36 Å². The molecule has 1 aromatic rings. The van der Waals surface area contributed by atoms with E-state index < -0.39 is 12.4 Å². The van der Waals surface area contributed by atoms with E-state index in [1.54, 1.807) is 11.0 Å². The molecular formula is C21H22F3N3O3. The Morgan fingerprint density at radius 1 is 1.27 bits per heavy atom. The number of amidine groups is 1. The molecule has 160 valence electrons. The van der Waals surface area contributed by atoms with E-state index in [0.29, 0.717) is 38.2 Å². The van der Waals surface area contributed by atoms with Crippen molar-refractivity contribution in [1.29, 1.82) is 0 Å². The average Bonchev–Trinajstić information content (AvgIpc) is 3.15. The van der Waals surface area contributed by atoms with Gasteiger partial charge in [-0.05, 0) is 42.7 Å². The molecule has 0 saturated carbocycles. The van der Waals surface area contributed by atoms with Gasteiger partial charge in [-0.15, -0.1) is 13.2 Å². The minimum absolute atomic E-state index is 0.0534. The highest BCUT2D eigenvalue weighted by Gasteiger charge is 2.36. The number of carbonyl (C=O) groups is 1. The summed E-state index contributed by atoms with van der Waals surface area (Å²) in [5.74, 6) is 0.309. The summed E-state index contributed by atoms with van der Waals surface area (Å²) in [5, 5.41) is 0. The second-order valence-corrected chi connectivity index (χ2v) is 7.36. The van der Waals surface area contributed by atoms with Gasteiger partial charge in [-0.3, -0.25) is 9.79 Å². The van der Waals surface area contributed by atoms with Crippen LogP contribution in [0.15, 0.2) is 53.7 Å². The first kappa shape index (κ1) is 20.5. The molecule has 1 saturated heterocycles. The van der Waals surface area contributed by atoms with Gasteiger partial charge in [-0.25, -0.2) is 0 Å². The molecule has 0 aliphatic carbocycles. The van der Waals surface area contributed by atoms with Crippen LogP contribution in [0.4, 0.5) is 13.2 Å². The molecule has 0 spiro atoms. The van der Waals surface area contributed by atoms with E-state index in [2.05, 4.69) is 9.73 Å². The predicted octanol–water partition coefficient (Wildman–Crippen LogP) is 3.26. The zero-order chi connectivity index (χ0) is 21.1. The third kappa shape index (κ3) is 4.84. The first-order valence-electron chi connectivity index (χ1n) is 9.81. The van der Waals surface area contributed by atoms with E-state index in [1.165, 1.54) is 18.2 Å². The number of hydrogen-bond donors (Lipinski definition) is 0. The molecule has 4 rings (SSSR count). The zero-order valence-electron chi connectivity index (χ0n) is 16.2. The van der Waals surface area contributed by atoms with Crippen molar-refractivity contribution >= 4 is 11.7 Å². The van der Waals surface area contributed by atoms with Crippen LogP contribution in [-0.2, 0) is 16.1 Å². The molecule has 3 aliphatic rings. The summed E-state index contributed by atoms with van der Waals surface area (Å²) in [6, 6.07) is 5.15. The van der Waals surface area contributed by atoms with Crippen LogP contribution in [0.3, 0.4) is 0 Å². The molecule has 0 aromatic heterocycles. The van der Waals surface area contributed by atoms with Crippen LogP contribution in [0.2, 0.25) is 0 Å². The predicted molar refractivity (Wildman–Crippen MR) is 104 cm³/mol. The summed E-state index contributed by atoms with van der Waals surface area (Å²) < 4.78 is 47.2. The maximum absolute atomic E-state index is 13.4. The minimum Gasteiger partial charge on any atom is -0.406 e. The second-order valence-electron chi connectivity index (χ2n) is 7.36. The standard InChI is InChI=1S/C21H22F3N3O3/c22-21(23,24)30-17-5-3-4-15(12-17)13-27(16-7-10-29-11-8-16)20(28)18-14-26-9-2-1-6-19(26)25-18/h1-6,9,12,16,18H,7-8,10-11,13-14H2. The first-order valence-corrected chi connectivity index (χ1v) is 9.81. The van der Waals surface area contributed by atoms with E-state index >= 15 is 0 Å². The Labute approximate surface area is 172 Å². The fourth-order valence-corrected chi connectivity index (χ4v) is 3.87. The number of fused-ring (bicyclic) bond motifs is 1. The van der Waals surface area contributed by atoms with Crippen LogP contribution < -0.4 is 4.74 Å². The number of hydrogen-bond acceptors (Lipinski definition) is 5. The Morgan fingerprint density at radius 2 is 2.07 bits per heavy atom. The highest BCUT2D eigenvalue weighted by Crippen LogP contribution is 2.26. The Kier molecular flexibility index (Phi) is 5.80. The van der Waals surface area contributed by atoms with Gasteiger partial charge in [-0.1, -0.05) is 18.2 Å². The molecule has 1 unspecified atom stereocenters. The minimum atomic E-state index is -4.76. The van der Waals surface area contributed by atoms with Crippen molar-refractivity contribution in [1.82, 2.24) is 9.80 Å². The molecule has 1 atom stereocenters. The number of ether oxygens (including phenoxy) is 2. The average molecular weight is 421 g/mol. The quantitative estimate of drug-likeness (QED) is 0.733. The van der Waals surface area contributed by atoms with Gasteiger partial charge in [-0.2, -0.15) is 0 Å². The molecular weight excluding hydrogens is 399 g/mol. The molecule has 1 aromatic carbocycles. The molecule has 1 fully saturated rings. The molecule has 1 amide bonds. The van der Waals surface area contributed by atoms with Crippen molar-refractivity contribution in [2.75, 3.05) is 19.8 Å². The number of benzene rings is 1. The van der Waals surface area contributed by atoms with Crippen molar-refractivity contribution < 1.29 is 27.4 Å². The highest BCUT2D eigenvalue weighted by molar-refractivity contribution is 5.99. The van der Waals surface area contributed by atoms with Crippen LogP contribution in [-0.4, -0.2) is 59.7 Å². The lowest BCUT2D eigenvalue weighted by Gasteiger charge is -2.35. The monoisotopic (exact) mass is 421 g/mol. The molecule has 6 nitrogen and oxygen atoms in total. The van der Waals surface area contributed by atoms with E-state index in [-0.39, 0.29) is 24.2 Å². The lowest BCUT2D eigenvalue weighted by Crippen LogP contribution is -2.47. The van der Waals surface area contributed by atoms with Gasteiger partial charge in [0.25, 0.3) is 0 Å². The van der Waals surface area contributed by atoms with Crippen LogP contribution in [0.1, 0.15) is 18.4 Å². The zero-order valence-corrected chi connectivity index (χ0v) is 16.2. The van der Waals surface area contributed by atoms with Crippen molar-refractivity contribution in [2.24, 2.45) is 4.99 Å². The third-order valence-corrected chi connectivity index (χ3v) is 5.26. The molecule has 9 heteroatoms. The van der Waals surface area contributed by atoms with Crippen LogP contribution >= 0.6 is 0 Å². The van der Waals surface area contributed by atoms with Crippen LogP contribution in [0, 0.1) is 0 Å². The fourth-order valence-electron chi connectivity index (χ4n) is 3.87. The van der Waals surface area contributed by atoms with Gasteiger partial charge in [0, 0.05) is 32.0 Å². The molecule has 30 heavy (non-hydrogen) atoms. The fraction of sp³-hybridized carbons (Fsp3) is 0.429. The van der Waals surface area contributed by atoms with Crippen LogP contribution in [0.25, 0.3) is 0 Å². The first-order chi connectivity index (χ1) is 14.4. The largest absolute Gasteiger partial charge is 0.573 e. The van der Waals surface area contributed by atoms with Crippen molar-refractivity contribution in [3.05, 3.63) is 54.3 Å². The molecule has 0 N–H and O–H groups in total. The number of amides is 1. The lowest BCUT2D eigenvalue weighted by atomic mass is 10.0. The summed E-state index contributed by atoms with van der Waals surface area (Å²) in [4.78, 5) is 21.6.